The minimum absolute atomic E-state index is 0.224. The number of benzene rings is 2. The molecule has 1 N–H and O–H groups in total. The van der Waals surface area contributed by atoms with E-state index in [2.05, 4.69) is 25.7 Å². The fraction of sp³-hybridized carbons (Fsp3) is 0.286. The van der Waals surface area contributed by atoms with Gasteiger partial charge in [-0.1, -0.05) is 23.7 Å². The van der Waals surface area contributed by atoms with Gasteiger partial charge in [-0.15, -0.1) is 10.2 Å². The minimum atomic E-state index is -0.954. The SMILES string of the molecule is Cc1ccc(C)c(N(C(=O)Cn2nnc(-c3ccc(Cl)cc3)n2)[C@H](C(=O)NC(C)(C)C)c2ccncc2)c1. The van der Waals surface area contributed by atoms with Crippen LogP contribution in [0.5, 0.6) is 0 Å². The smallest absolute Gasteiger partial charge is 0.251 e. The number of halogens is 1. The maximum absolute atomic E-state index is 14.0. The standard InChI is InChI=1S/C28H30ClN7O2/c1-18-6-7-19(2)23(16-18)36(25(20-12-14-30-15-13-20)27(38)31-28(3,4)5)24(37)17-35-33-26(32-34-35)21-8-10-22(29)11-9-21/h6-16,25H,17H2,1-5H3,(H,31,38)/t25-/m0/s1. The molecular formula is C28H30ClN7O2. The summed E-state index contributed by atoms with van der Waals surface area (Å²) in [7, 11) is 0. The first-order chi connectivity index (χ1) is 18.0. The van der Waals surface area contributed by atoms with Crippen molar-refractivity contribution in [3.05, 3.63) is 88.7 Å². The number of hydrogen-bond acceptors (Lipinski definition) is 6. The number of rotatable bonds is 7. The number of nitrogens with one attached hydrogen (secondary N) is 1. The average molecular weight is 532 g/mol. The van der Waals surface area contributed by atoms with Crippen molar-refractivity contribution in [3.8, 4) is 11.4 Å². The Kier molecular flexibility index (Phi) is 7.87. The zero-order valence-corrected chi connectivity index (χ0v) is 22.8. The molecule has 4 rings (SSSR count). The van der Waals surface area contributed by atoms with Gasteiger partial charge in [0.25, 0.3) is 5.91 Å². The Morgan fingerprint density at radius 1 is 1.03 bits per heavy atom. The van der Waals surface area contributed by atoms with E-state index in [1.807, 2.05) is 52.8 Å². The highest BCUT2D eigenvalue weighted by Gasteiger charge is 2.35. The van der Waals surface area contributed by atoms with E-state index < -0.39 is 11.6 Å². The minimum Gasteiger partial charge on any atom is -0.349 e. The molecule has 196 valence electrons. The van der Waals surface area contributed by atoms with Crippen molar-refractivity contribution in [1.82, 2.24) is 30.5 Å². The molecule has 1 atom stereocenters. The van der Waals surface area contributed by atoms with Crippen LogP contribution in [0.3, 0.4) is 0 Å². The van der Waals surface area contributed by atoms with Gasteiger partial charge in [0.2, 0.25) is 11.7 Å². The summed E-state index contributed by atoms with van der Waals surface area (Å²) in [5.74, 6) is -0.320. The Balaban J connectivity index is 1.76. The lowest BCUT2D eigenvalue weighted by molar-refractivity contribution is -0.128. The molecular weight excluding hydrogens is 502 g/mol. The van der Waals surface area contributed by atoms with Crippen molar-refractivity contribution in [2.75, 3.05) is 4.90 Å². The van der Waals surface area contributed by atoms with Crippen molar-refractivity contribution in [2.45, 2.75) is 52.7 Å². The second-order valence-corrected chi connectivity index (χ2v) is 10.6. The fourth-order valence-corrected chi connectivity index (χ4v) is 4.15. The molecule has 2 heterocycles. The molecule has 10 heteroatoms. The number of aryl methyl sites for hydroxylation is 2. The number of hydrogen-bond donors (Lipinski definition) is 1. The second kappa shape index (κ2) is 11.1. The van der Waals surface area contributed by atoms with Crippen LogP contribution in [0, 0.1) is 13.8 Å². The van der Waals surface area contributed by atoms with Crippen LogP contribution < -0.4 is 10.2 Å². The molecule has 9 nitrogen and oxygen atoms in total. The number of aromatic nitrogens is 5. The van der Waals surface area contributed by atoms with Crippen molar-refractivity contribution in [1.29, 1.82) is 0 Å². The van der Waals surface area contributed by atoms with Crippen LogP contribution in [0.4, 0.5) is 5.69 Å². The van der Waals surface area contributed by atoms with Crippen LogP contribution in [-0.2, 0) is 16.1 Å². The highest BCUT2D eigenvalue weighted by molar-refractivity contribution is 6.30. The summed E-state index contributed by atoms with van der Waals surface area (Å²) in [5.41, 5.74) is 3.26. The summed E-state index contributed by atoms with van der Waals surface area (Å²) in [6.45, 7) is 9.33. The van der Waals surface area contributed by atoms with Crippen LogP contribution in [-0.4, -0.2) is 42.5 Å². The molecule has 2 aromatic heterocycles. The highest BCUT2D eigenvalue weighted by atomic mass is 35.5. The van der Waals surface area contributed by atoms with Crippen molar-refractivity contribution in [3.63, 3.8) is 0 Å². The van der Waals surface area contributed by atoms with E-state index in [1.165, 1.54) is 9.70 Å². The number of carbonyl (C=O) groups is 2. The first-order valence-corrected chi connectivity index (χ1v) is 12.5. The van der Waals surface area contributed by atoms with Crippen LogP contribution in [0.1, 0.15) is 43.5 Å². The third-order valence-corrected chi connectivity index (χ3v) is 6.00. The molecule has 0 radical (unpaired) electrons. The Bertz CT molecular complexity index is 1430. The van der Waals surface area contributed by atoms with Gasteiger partial charge in [-0.2, -0.15) is 4.80 Å². The topological polar surface area (TPSA) is 106 Å². The van der Waals surface area contributed by atoms with Crippen LogP contribution in [0.25, 0.3) is 11.4 Å². The van der Waals surface area contributed by atoms with Gasteiger partial charge in [-0.05, 0) is 99.0 Å². The maximum atomic E-state index is 14.0. The van der Waals surface area contributed by atoms with Gasteiger partial charge in [0.05, 0.1) is 0 Å². The normalized spacial score (nSPS) is 12.2. The van der Waals surface area contributed by atoms with E-state index in [-0.39, 0.29) is 18.4 Å². The maximum Gasteiger partial charge on any atom is 0.251 e. The lowest BCUT2D eigenvalue weighted by Crippen LogP contribution is -2.50. The molecule has 0 aliphatic rings. The molecule has 0 fully saturated rings. The monoisotopic (exact) mass is 531 g/mol. The molecule has 38 heavy (non-hydrogen) atoms. The summed E-state index contributed by atoms with van der Waals surface area (Å²) in [6.07, 6.45) is 3.21. The van der Waals surface area contributed by atoms with E-state index in [4.69, 9.17) is 11.6 Å². The predicted octanol–water partition coefficient (Wildman–Crippen LogP) is 4.69. The van der Waals surface area contributed by atoms with Crippen molar-refractivity contribution in [2.24, 2.45) is 0 Å². The Morgan fingerprint density at radius 3 is 2.37 bits per heavy atom. The van der Waals surface area contributed by atoms with Gasteiger partial charge in [-0.3, -0.25) is 19.5 Å². The summed E-state index contributed by atoms with van der Waals surface area (Å²) in [6, 6.07) is 15.4. The zero-order chi connectivity index (χ0) is 27.4. The number of amides is 2. The first kappa shape index (κ1) is 26.9. The first-order valence-electron chi connectivity index (χ1n) is 12.2. The van der Waals surface area contributed by atoms with Crippen LogP contribution in [0.2, 0.25) is 5.02 Å². The van der Waals surface area contributed by atoms with E-state index in [0.717, 1.165) is 16.7 Å². The molecule has 0 spiro atoms. The second-order valence-electron chi connectivity index (χ2n) is 10.1. The number of pyridine rings is 1. The van der Waals surface area contributed by atoms with Gasteiger partial charge < -0.3 is 5.32 Å². The summed E-state index contributed by atoms with van der Waals surface area (Å²) in [5, 5.41) is 16.2. The summed E-state index contributed by atoms with van der Waals surface area (Å²) < 4.78 is 0. The fourth-order valence-electron chi connectivity index (χ4n) is 4.02. The third-order valence-electron chi connectivity index (χ3n) is 5.75. The molecule has 0 saturated carbocycles. The molecule has 0 aliphatic carbocycles. The summed E-state index contributed by atoms with van der Waals surface area (Å²) >= 11 is 5.99. The number of tetrazole rings is 1. The average Bonchev–Trinajstić information content (AvgIpc) is 3.32. The number of anilines is 1. The largest absolute Gasteiger partial charge is 0.349 e. The third kappa shape index (κ3) is 6.41. The highest BCUT2D eigenvalue weighted by Crippen LogP contribution is 2.32. The van der Waals surface area contributed by atoms with Gasteiger partial charge in [0.1, 0.15) is 12.6 Å². The van der Waals surface area contributed by atoms with Gasteiger partial charge in [0, 0.05) is 34.2 Å². The molecule has 2 amide bonds. The molecule has 0 saturated heterocycles. The number of nitrogens with zero attached hydrogens (tertiary/aromatic N) is 6. The van der Waals surface area contributed by atoms with Crippen molar-refractivity contribution >= 4 is 29.1 Å². The predicted molar refractivity (Wildman–Crippen MR) is 147 cm³/mol. The Hall–Kier alpha value is -4.11. The molecule has 0 unspecified atom stereocenters. The number of carbonyl (C=O) groups excluding carboxylic acids is 2. The lowest BCUT2D eigenvalue weighted by atomic mass is 10.00. The van der Waals surface area contributed by atoms with E-state index in [1.54, 1.807) is 48.8 Å². The molecule has 0 aliphatic heterocycles. The van der Waals surface area contributed by atoms with Gasteiger partial charge in [0.15, 0.2) is 0 Å². The van der Waals surface area contributed by atoms with E-state index >= 15 is 0 Å². The Morgan fingerprint density at radius 2 is 1.71 bits per heavy atom. The molecule has 4 aromatic rings. The quantitative estimate of drug-likeness (QED) is 0.370. The zero-order valence-electron chi connectivity index (χ0n) is 22.0. The Labute approximate surface area is 226 Å². The summed E-state index contributed by atoms with van der Waals surface area (Å²) in [4.78, 5) is 34.6. The molecule has 2 aromatic carbocycles. The van der Waals surface area contributed by atoms with Crippen LogP contribution >= 0.6 is 11.6 Å². The lowest BCUT2D eigenvalue weighted by Gasteiger charge is -2.34. The molecule has 0 bridgehead atoms. The van der Waals surface area contributed by atoms with E-state index in [9.17, 15) is 9.59 Å². The van der Waals surface area contributed by atoms with E-state index in [0.29, 0.717) is 22.1 Å². The van der Waals surface area contributed by atoms with Crippen molar-refractivity contribution < 1.29 is 9.59 Å². The van der Waals surface area contributed by atoms with Gasteiger partial charge >= 0.3 is 0 Å². The van der Waals surface area contributed by atoms with Gasteiger partial charge in [-0.25, -0.2) is 0 Å². The van der Waals surface area contributed by atoms with Crippen LogP contribution in [0.15, 0.2) is 67.0 Å².